The third-order valence-electron chi connectivity index (χ3n) is 5.06. The maximum atomic E-state index is 11.8. The molecule has 0 atom stereocenters. The number of primary amides is 1. The number of nitrogens with two attached hydrogens (primary N) is 1. The summed E-state index contributed by atoms with van der Waals surface area (Å²) < 4.78 is 0.834. The molecule has 31 heavy (non-hydrogen) atoms. The first-order chi connectivity index (χ1) is 14.8. The normalized spacial score (nSPS) is 11.0. The molecule has 0 aliphatic carbocycles. The minimum atomic E-state index is -1.51. The van der Waals surface area contributed by atoms with E-state index >= 15 is 0 Å². The number of carbonyl (C=O) groups excluding carboxylic acids is 1. The molecule has 0 saturated carbocycles. The van der Waals surface area contributed by atoms with Crippen LogP contribution in [0.1, 0.15) is 26.4 Å². The number of aryl methyl sites for hydroxylation is 2. The van der Waals surface area contributed by atoms with Crippen LogP contribution in [0.25, 0.3) is 21.5 Å². The number of thiophene rings is 1. The van der Waals surface area contributed by atoms with E-state index in [1.807, 2.05) is 32.0 Å². The van der Waals surface area contributed by atoms with Crippen LogP contribution in [0.3, 0.4) is 0 Å². The van der Waals surface area contributed by atoms with Gasteiger partial charge in [0.05, 0.1) is 5.56 Å². The number of rotatable bonds is 6. The molecule has 0 radical (unpaired) electrons. The van der Waals surface area contributed by atoms with Crippen molar-refractivity contribution >= 4 is 45.7 Å². The van der Waals surface area contributed by atoms with Gasteiger partial charge in [0.1, 0.15) is 5.82 Å². The second-order valence-electron chi connectivity index (χ2n) is 7.28. The van der Waals surface area contributed by atoms with Crippen molar-refractivity contribution in [1.29, 1.82) is 0 Å². The Bertz CT molecular complexity index is 1290. The van der Waals surface area contributed by atoms with Gasteiger partial charge >= 0.3 is 7.12 Å². The van der Waals surface area contributed by atoms with Gasteiger partial charge in [-0.05, 0) is 30.9 Å². The van der Waals surface area contributed by atoms with Crippen molar-refractivity contribution in [3.63, 3.8) is 0 Å². The Kier molecular flexibility index (Phi) is 5.73. The number of nitrogens with zero attached hydrogens (tertiary/aromatic N) is 2. The third kappa shape index (κ3) is 4.16. The van der Waals surface area contributed by atoms with E-state index in [0.717, 1.165) is 31.7 Å². The van der Waals surface area contributed by atoms with Crippen molar-refractivity contribution in [2.24, 2.45) is 5.73 Å². The molecule has 2 heterocycles. The number of fused-ring (bicyclic) bond motifs is 1. The monoisotopic (exact) mass is 432 g/mol. The second kappa shape index (κ2) is 8.47. The average molecular weight is 432 g/mol. The first kappa shape index (κ1) is 21.0. The highest BCUT2D eigenvalue weighted by Gasteiger charge is 2.18. The van der Waals surface area contributed by atoms with Crippen molar-refractivity contribution in [3.8, 4) is 11.4 Å². The van der Waals surface area contributed by atoms with Crippen LogP contribution in [0.4, 0.5) is 5.82 Å². The summed E-state index contributed by atoms with van der Waals surface area (Å²) >= 11 is 1.50. The van der Waals surface area contributed by atoms with Crippen LogP contribution >= 0.6 is 11.3 Å². The van der Waals surface area contributed by atoms with Gasteiger partial charge in [-0.1, -0.05) is 36.4 Å². The average Bonchev–Trinajstić information content (AvgIpc) is 3.09. The number of aromatic nitrogens is 2. The van der Waals surface area contributed by atoms with Crippen molar-refractivity contribution in [1.82, 2.24) is 9.97 Å². The van der Waals surface area contributed by atoms with E-state index in [9.17, 15) is 14.8 Å². The van der Waals surface area contributed by atoms with Crippen LogP contribution in [0.5, 0.6) is 0 Å². The number of benzene rings is 2. The van der Waals surface area contributed by atoms with Crippen molar-refractivity contribution in [2.75, 3.05) is 5.32 Å². The Labute approximate surface area is 183 Å². The molecule has 5 N–H and O–H groups in total. The lowest BCUT2D eigenvalue weighted by atomic mass is 9.80. The molecule has 7 nitrogen and oxygen atoms in total. The molecule has 0 aliphatic rings. The molecule has 156 valence electrons. The maximum absolute atomic E-state index is 11.8. The fourth-order valence-electron chi connectivity index (χ4n) is 3.50. The highest BCUT2D eigenvalue weighted by atomic mass is 32.1. The molecule has 4 aromatic rings. The van der Waals surface area contributed by atoms with E-state index < -0.39 is 13.0 Å². The van der Waals surface area contributed by atoms with Crippen LogP contribution in [-0.4, -0.2) is 33.0 Å². The molecular formula is C22H21BN4O3S. The molecule has 2 aromatic carbocycles. The Morgan fingerprint density at radius 2 is 1.97 bits per heavy atom. The summed E-state index contributed by atoms with van der Waals surface area (Å²) in [6.45, 7) is 4.36. The zero-order valence-corrected chi connectivity index (χ0v) is 17.9. The molecule has 0 fully saturated rings. The Balaban J connectivity index is 1.69. The first-order valence-corrected chi connectivity index (χ1v) is 10.5. The van der Waals surface area contributed by atoms with Gasteiger partial charge in [0.2, 0.25) is 5.91 Å². The fraction of sp³-hybridized carbons (Fsp3) is 0.136. The van der Waals surface area contributed by atoms with Crippen LogP contribution in [0, 0.1) is 13.8 Å². The third-order valence-corrected chi connectivity index (χ3v) is 6.22. The number of amides is 1. The molecule has 0 spiro atoms. The molecule has 9 heteroatoms. The summed E-state index contributed by atoms with van der Waals surface area (Å²) in [6.07, 6.45) is 1.76. The van der Waals surface area contributed by atoms with Crippen LogP contribution in [-0.2, 0) is 6.54 Å². The Morgan fingerprint density at radius 3 is 2.71 bits per heavy atom. The Hall–Kier alpha value is -3.27. The zero-order chi connectivity index (χ0) is 22.1. The topological polar surface area (TPSA) is 121 Å². The van der Waals surface area contributed by atoms with E-state index in [-0.39, 0.29) is 0 Å². The van der Waals surface area contributed by atoms with Gasteiger partial charge in [-0.2, -0.15) is 0 Å². The SMILES string of the molecule is Cc1cnc(-c2c(C)sc3c(C(N)=O)cccc23)nc1NCc1cccc(B(O)O)c1. The second-order valence-corrected chi connectivity index (χ2v) is 8.50. The first-order valence-electron chi connectivity index (χ1n) is 9.70. The smallest absolute Gasteiger partial charge is 0.423 e. The molecular weight excluding hydrogens is 411 g/mol. The number of hydrogen-bond acceptors (Lipinski definition) is 7. The maximum Gasteiger partial charge on any atom is 0.488 e. The lowest BCUT2D eigenvalue weighted by molar-refractivity contribution is 0.100. The van der Waals surface area contributed by atoms with Crippen LogP contribution in [0.15, 0.2) is 48.7 Å². The number of nitrogens with one attached hydrogen (secondary N) is 1. The highest BCUT2D eigenvalue weighted by Crippen LogP contribution is 2.38. The lowest BCUT2D eigenvalue weighted by Gasteiger charge is -2.11. The van der Waals surface area contributed by atoms with Crippen molar-refractivity contribution in [2.45, 2.75) is 20.4 Å². The van der Waals surface area contributed by atoms with Crippen molar-refractivity contribution < 1.29 is 14.8 Å². The minimum Gasteiger partial charge on any atom is -0.423 e. The summed E-state index contributed by atoms with van der Waals surface area (Å²) in [6, 6.07) is 12.6. The lowest BCUT2D eigenvalue weighted by Crippen LogP contribution is -2.30. The molecule has 0 bridgehead atoms. The summed E-state index contributed by atoms with van der Waals surface area (Å²) in [4.78, 5) is 22.1. The molecule has 0 unspecified atom stereocenters. The molecule has 0 aliphatic heterocycles. The molecule has 2 aromatic heterocycles. The summed E-state index contributed by atoms with van der Waals surface area (Å²) in [5.74, 6) is 0.795. The summed E-state index contributed by atoms with van der Waals surface area (Å²) in [7, 11) is -1.51. The van der Waals surface area contributed by atoms with Crippen LogP contribution < -0.4 is 16.5 Å². The van der Waals surface area contributed by atoms with Crippen LogP contribution in [0.2, 0.25) is 0 Å². The quantitative estimate of drug-likeness (QED) is 0.347. The summed E-state index contributed by atoms with van der Waals surface area (Å²) in [5.41, 5.74) is 9.14. The van der Waals surface area contributed by atoms with Gasteiger partial charge < -0.3 is 21.1 Å². The molecule has 1 amide bonds. The van der Waals surface area contributed by atoms with E-state index in [1.165, 1.54) is 11.3 Å². The van der Waals surface area contributed by atoms with Gasteiger partial charge in [0, 0.05) is 38.8 Å². The molecule has 4 rings (SSSR count). The van der Waals surface area contributed by atoms with Gasteiger partial charge in [-0.25, -0.2) is 9.97 Å². The summed E-state index contributed by atoms with van der Waals surface area (Å²) in [5, 5.41) is 23.0. The minimum absolute atomic E-state index is 0.435. The number of anilines is 1. The number of hydrogen-bond donors (Lipinski definition) is 4. The van der Waals surface area contributed by atoms with E-state index in [4.69, 9.17) is 10.7 Å². The van der Waals surface area contributed by atoms with Gasteiger partial charge in [-0.15, -0.1) is 11.3 Å². The fourth-order valence-corrected chi connectivity index (χ4v) is 4.67. The molecule has 0 saturated heterocycles. The van der Waals surface area contributed by atoms with E-state index in [1.54, 1.807) is 30.5 Å². The zero-order valence-electron chi connectivity index (χ0n) is 17.1. The Morgan fingerprint density at radius 1 is 1.19 bits per heavy atom. The standard InChI is InChI=1S/C22H21BN4O3S/c1-12-10-25-22(18-13(2)31-19-16(18)7-4-8-17(19)20(24)28)27-21(12)26-11-14-5-3-6-15(9-14)23(29)30/h3-10,29-30H,11H2,1-2H3,(H2,24,28)(H,25,26,27). The van der Waals surface area contributed by atoms with Gasteiger partial charge in [-0.3, -0.25) is 4.79 Å². The largest absolute Gasteiger partial charge is 0.488 e. The number of carbonyl (C=O) groups is 1. The van der Waals surface area contributed by atoms with Crippen molar-refractivity contribution in [3.05, 3.63) is 70.2 Å². The highest BCUT2D eigenvalue weighted by molar-refractivity contribution is 7.20. The predicted octanol–water partition coefficient (Wildman–Crippen LogP) is 2.37. The van der Waals surface area contributed by atoms with E-state index in [2.05, 4.69) is 10.3 Å². The van der Waals surface area contributed by atoms with Gasteiger partial charge in [0.15, 0.2) is 5.82 Å². The predicted molar refractivity (Wildman–Crippen MR) is 124 cm³/mol. The van der Waals surface area contributed by atoms with E-state index in [0.29, 0.717) is 29.2 Å². The van der Waals surface area contributed by atoms with Gasteiger partial charge in [0.25, 0.3) is 0 Å².